The Balaban J connectivity index is 2.29. The van der Waals surface area contributed by atoms with Crippen LogP contribution in [0.15, 0.2) is 18.2 Å². The van der Waals surface area contributed by atoms with Crippen LogP contribution in [0.5, 0.6) is 0 Å². The van der Waals surface area contributed by atoms with Gasteiger partial charge in [-0.1, -0.05) is 18.5 Å². The van der Waals surface area contributed by atoms with Crippen molar-refractivity contribution in [2.45, 2.75) is 51.7 Å². The van der Waals surface area contributed by atoms with Crippen LogP contribution in [0.1, 0.15) is 45.1 Å². The van der Waals surface area contributed by atoms with Crippen molar-refractivity contribution in [2.75, 3.05) is 18.0 Å². The van der Waals surface area contributed by atoms with Crippen LogP contribution in [0, 0.1) is 0 Å². The number of piperidine rings is 1. The fraction of sp³-hybridized carbons (Fsp3) is 0.556. The Bertz CT molecular complexity index is 679. The molecule has 1 aromatic rings. The van der Waals surface area contributed by atoms with E-state index in [1.807, 2.05) is 6.92 Å². The van der Waals surface area contributed by atoms with Gasteiger partial charge in [0.25, 0.3) is 0 Å². The van der Waals surface area contributed by atoms with Gasteiger partial charge >= 0.3 is 6.18 Å². The number of alkyl halides is 3. The summed E-state index contributed by atoms with van der Waals surface area (Å²) in [6.07, 6.45) is -0.945. The van der Waals surface area contributed by atoms with E-state index in [4.69, 9.17) is 11.6 Å². The highest BCUT2D eigenvalue weighted by molar-refractivity contribution is 6.34. The number of rotatable bonds is 4. The zero-order valence-corrected chi connectivity index (χ0v) is 15.5. The molecule has 0 aromatic heterocycles. The number of anilines is 1. The van der Waals surface area contributed by atoms with Crippen LogP contribution < -0.4 is 4.90 Å². The zero-order valence-electron chi connectivity index (χ0n) is 14.8. The first-order valence-corrected chi connectivity index (χ1v) is 8.97. The lowest BCUT2D eigenvalue weighted by Crippen LogP contribution is -2.48. The van der Waals surface area contributed by atoms with Crippen molar-refractivity contribution in [2.24, 2.45) is 0 Å². The van der Waals surface area contributed by atoms with E-state index in [1.165, 1.54) is 6.92 Å². The van der Waals surface area contributed by atoms with E-state index in [1.54, 1.807) is 4.90 Å². The van der Waals surface area contributed by atoms with Crippen molar-refractivity contribution < 1.29 is 22.8 Å². The maximum Gasteiger partial charge on any atom is 0.416 e. The number of nitrogens with zero attached hydrogens (tertiary/aromatic N) is 2. The molecule has 0 radical (unpaired) electrons. The predicted octanol–water partition coefficient (Wildman–Crippen LogP) is 4.50. The fourth-order valence-electron chi connectivity index (χ4n) is 3.24. The molecule has 0 N–H and O–H groups in total. The summed E-state index contributed by atoms with van der Waals surface area (Å²) < 4.78 is 39.0. The van der Waals surface area contributed by atoms with Crippen LogP contribution in [0.25, 0.3) is 0 Å². The van der Waals surface area contributed by atoms with Gasteiger partial charge in [0.1, 0.15) is 6.54 Å². The summed E-state index contributed by atoms with van der Waals surface area (Å²) in [5.74, 6) is -0.815. The summed E-state index contributed by atoms with van der Waals surface area (Å²) in [6.45, 7) is 3.46. The Kier molecular flexibility index (Phi) is 6.55. The van der Waals surface area contributed by atoms with E-state index in [0.717, 1.165) is 48.8 Å². The molecule has 8 heteroatoms. The number of likely N-dealkylation sites (tertiary alicyclic amines) is 1. The van der Waals surface area contributed by atoms with Crippen LogP contribution in [-0.4, -0.2) is 35.8 Å². The summed E-state index contributed by atoms with van der Waals surface area (Å²) in [5, 5.41) is -0.00770. The number of amides is 2. The highest BCUT2D eigenvalue weighted by atomic mass is 35.5. The van der Waals surface area contributed by atoms with Gasteiger partial charge in [-0.3, -0.25) is 9.59 Å². The topological polar surface area (TPSA) is 40.6 Å². The van der Waals surface area contributed by atoms with Crippen LogP contribution >= 0.6 is 11.6 Å². The quantitative estimate of drug-likeness (QED) is 0.759. The molecule has 1 saturated heterocycles. The Morgan fingerprint density at radius 3 is 2.58 bits per heavy atom. The molecule has 0 aliphatic carbocycles. The summed E-state index contributed by atoms with van der Waals surface area (Å²) in [6, 6.07) is 2.85. The molecule has 1 fully saturated rings. The van der Waals surface area contributed by atoms with E-state index in [0.29, 0.717) is 6.54 Å². The largest absolute Gasteiger partial charge is 0.416 e. The second kappa shape index (κ2) is 8.29. The lowest BCUT2D eigenvalue weighted by atomic mass is 10.00. The third kappa shape index (κ3) is 4.69. The molecule has 1 heterocycles. The normalized spacial score (nSPS) is 17.9. The molecule has 1 unspecified atom stereocenters. The van der Waals surface area contributed by atoms with Crippen molar-refractivity contribution in [1.82, 2.24) is 4.90 Å². The number of halogens is 4. The van der Waals surface area contributed by atoms with E-state index in [9.17, 15) is 22.8 Å². The van der Waals surface area contributed by atoms with Crippen LogP contribution in [-0.2, 0) is 15.8 Å². The molecule has 4 nitrogen and oxygen atoms in total. The highest BCUT2D eigenvalue weighted by Gasteiger charge is 2.33. The number of hydrogen-bond acceptors (Lipinski definition) is 2. The molecule has 2 rings (SSSR count). The van der Waals surface area contributed by atoms with E-state index in [2.05, 4.69) is 0 Å². The third-order valence-corrected chi connectivity index (χ3v) is 4.98. The van der Waals surface area contributed by atoms with Crippen molar-refractivity contribution >= 4 is 29.1 Å². The molecule has 0 bridgehead atoms. The van der Waals surface area contributed by atoms with Gasteiger partial charge in [0, 0.05) is 19.5 Å². The molecule has 2 amide bonds. The lowest BCUT2D eigenvalue weighted by Gasteiger charge is -2.36. The van der Waals surface area contributed by atoms with Gasteiger partial charge in [-0.25, -0.2) is 0 Å². The summed E-state index contributed by atoms with van der Waals surface area (Å²) in [4.78, 5) is 27.5. The zero-order chi connectivity index (χ0) is 19.5. The average molecular weight is 391 g/mol. The smallest absolute Gasteiger partial charge is 0.338 e. The van der Waals surface area contributed by atoms with Crippen LogP contribution in [0.2, 0.25) is 5.02 Å². The lowest BCUT2D eigenvalue weighted by molar-refractivity contribution is -0.137. The number of benzene rings is 1. The van der Waals surface area contributed by atoms with Gasteiger partial charge < -0.3 is 9.80 Å². The van der Waals surface area contributed by atoms with Gasteiger partial charge in [-0.05, 0) is 43.9 Å². The van der Waals surface area contributed by atoms with Crippen LogP contribution in [0.3, 0.4) is 0 Å². The molecule has 1 aliphatic rings. The van der Waals surface area contributed by atoms with Gasteiger partial charge in [0.2, 0.25) is 11.8 Å². The fourth-order valence-corrected chi connectivity index (χ4v) is 3.46. The monoisotopic (exact) mass is 390 g/mol. The first kappa shape index (κ1) is 20.6. The minimum atomic E-state index is -4.56. The number of carbonyl (C=O) groups excluding carboxylic acids is 2. The van der Waals surface area contributed by atoms with Gasteiger partial charge in [0.05, 0.1) is 16.3 Å². The Morgan fingerprint density at radius 2 is 2.00 bits per heavy atom. The summed E-state index contributed by atoms with van der Waals surface area (Å²) in [5.41, 5.74) is -1.02. The van der Waals surface area contributed by atoms with E-state index < -0.39 is 17.6 Å². The molecule has 1 aliphatic heterocycles. The minimum absolute atomic E-state index is 0.00770. The number of carbonyl (C=O) groups is 2. The summed E-state index contributed by atoms with van der Waals surface area (Å²) in [7, 11) is 0. The second-order valence-electron chi connectivity index (χ2n) is 6.41. The maximum absolute atomic E-state index is 13.0. The SMILES string of the molecule is CCC1CCCCN1C(=O)CN(C(C)=O)c1cc(C(F)(F)F)ccc1Cl. The molecule has 0 saturated carbocycles. The number of hydrogen-bond donors (Lipinski definition) is 0. The second-order valence-corrected chi connectivity index (χ2v) is 6.82. The van der Waals surface area contributed by atoms with Crippen molar-refractivity contribution in [1.29, 1.82) is 0 Å². The van der Waals surface area contributed by atoms with Gasteiger partial charge in [0.15, 0.2) is 0 Å². The Morgan fingerprint density at radius 1 is 1.31 bits per heavy atom. The molecular formula is C18H22ClF3N2O2. The van der Waals surface area contributed by atoms with E-state index in [-0.39, 0.29) is 29.2 Å². The van der Waals surface area contributed by atoms with Crippen LogP contribution in [0.4, 0.5) is 18.9 Å². The molecular weight excluding hydrogens is 369 g/mol. The first-order valence-electron chi connectivity index (χ1n) is 8.59. The van der Waals surface area contributed by atoms with Crippen molar-refractivity contribution in [3.63, 3.8) is 0 Å². The molecule has 1 atom stereocenters. The van der Waals surface area contributed by atoms with Gasteiger partial charge in [-0.2, -0.15) is 13.2 Å². The molecule has 26 heavy (non-hydrogen) atoms. The molecule has 1 aromatic carbocycles. The van der Waals surface area contributed by atoms with Gasteiger partial charge in [-0.15, -0.1) is 0 Å². The summed E-state index contributed by atoms with van der Waals surface area (Å²) >= 11 is 6.02. The minimum Gasteiger partial charge on any atom is -0.338 e. The molecule has 144 valence electrons. The Hall–Kier alpha value is -1.76. The predicted molar refractivity (Wildman–Crippen MR) is 94.1 cm³/mol. The average Bonchev–Trinajstić information content (AvgIpc) is 2.58. The standard InChI is InChI=1S/C18H22ClF3N2O2/c1-3-14-6-4-5-9-23(14)17(26)11-24(12(2)25)16-10-13(18(20,21)22)7-8-15(16)19/h7-8,10,14H,3-6,9,11H2,1-2H3. The van der Waals surface area contributed by atoms with E-state index >= 15 is 0 Å². The molecule has 0 spiro atoms. The first-order chi connectivity index (χ1) is 12.1. The highest BCUT2D eigenvalue weighted by Crippen LogP contribution is 2.35. The maximum atomic E-state index is 13.0. The Labute approximate surface area is 155 Å². The third-order valence-electron chi connectivity index (χ3n) is 4.66. The van der Waals surface area contributed by atoms with Crippen molar-refractivity contribution in [3.8, 4) is 0 Å². The van der Waals surface area contributed by atoms with Crippen molar-refractivity contribution in [3.05, 3.63) is 28.8 Å².